The Kier molecular flexibility index (Phi) is 1.74. The molecule has 3 N–H and O–H groups in total. The predicted octanol–water partition coefficient (Wildman–Crippen LogP) is -1.35. The molecule has 0 aromatic carbocycles. The predicted molar refractivity (Wildman–Crippen MR) is 16.4 cm³/mol. The summed E-state index contributed by atoms with van der Waals surface area (Å²) in [6.45, 7) is 0. The first-order chi connectivity index (χ1) is 1.73. The Labute approximate surface area is 24.5 Å². The summed E-state index contributed by atoms with van der Waals surface area (Å²) in [5, 5.41) is 0. The van der Waals surface area contributed by atoms with Crippen LogP contribution in [0.25, 0.3) is 0 Å². The van der Waals surface area contributed by atoms with Gasteiger partial charge in [-0.2, -0.15) is 0 Å². The van der Waals surface area contributed by atoms with Crippen molar-refractivity contribution in [1.29, 1.82) is 0 Å². The van der Waals surface area contributed by atoms with Gasteiger partial charge in [-0.1, -0.05) is 0 Å². The van der Waals surface area contributed by atoms with Gasteiger partial charge in [0.2, 0.25) is 0 Å². The Hall–Kier alpha value is 0.310. The average Bonchev–Trinajstić information content (AvgIpc) is 0.811. The van der Waals surface area contributed by atoms with Crippen molar-refractivity contribution < 1.29 is 14.7 Å². The average molecular weight is 84.0 g/mol. The van der Waals surface area contributed by atoms with Crippen molar-refractivity contribution in [2.24, 2.45) is 0 Å². The summed E-state index contributed by atoms with van der Waals surface area (Å²) in [4.78, 5) is 21.9. The monoisotopic (exact) mass is 84.0 g/mol. The van der Waals surface area contributed by atoms with Crippen LogP contribution in [0.5, 0.6) is 0 Å². The van der Waals surface area contributed by atoms with Gasteiger partial charge in [0.05, 0.1) is 0 Å². The van der Waals surface area contributed by atoms with E-state index < -0.39 is 8.60 Å². The molecule has 4 heteroatoms. The van der Waals surface area contributed by atoms with Gasteiger partial charge in [-0.25, -0.2) is 0 Å². The molecule has 0 fully saturated rings. The van der Waals surface area contributed by atoms with Crippen LogP contribution < -0.4 is 0 Å². The van der Waals surface area contributed by atoms with E-state index in [1.807, 2.05) is 0 Å². The molecule has 4 heavy (non-hydrogen) atoms. The molecule has 0 atom stereocenters. The van der Waals surface area contributed by atoms with Crippen molar-refractivity contribution in [3.05, 3.63) is 0 Å². The van der Waals surface area contributed by atoms with E-state index in [1.54, 1.807) is 0 Å². The van der Waals surface area contributed by atoms with Crippen LogP contribution in [0.3, 0.4) is 0 Å². The third-order valence-corrected chi connectivity index (χ3v) is 0. The third kappa shape index (κ3) is 41.3. The van der Waals surface area contributed by atoms with Crippen molar-refractivity contribution in [3.8, 4) is 0 Å². The van der Waals surface area contributed by atoms with Crippen LogP contribution in [0.2, 0.25) is 0 Å². The first kappa shape index (κ1) is 4.31. The Morgan fingerprint density at radius 3 is 1.00 bits per heavy atom. The summed E-state index contributed by atoms with van der Waals surface area (Å²) in [5.74, 6) is 0. The van der Waals surface area contributed by atoms with Crippen LogP contribution in [0.4, 0.5) is 0 Å². The number of rotatable bonds is 0. The van der Waals surface area contributed by atoms with Gasteiger partial charge < -0.3 is 0 Å². The van der Waals surface area contributed by atoms with Gasteiger partial charge in [-0.15, -0.1) is 0 Å². The number of hydrogen-bond donors (Lipinski definition) is 3. The molecule has 0 amide bonds. The molecule has 0 bridgehead atoms. The topological polar surface area (TPSA) is 60.7 Å². The van der Waals surface area contributed by atoms with E-state index in [0.29, 0.717) is 0 Å². The van der Waals surface area contributed by atoms with Crippen molar-refractivity contribution in [3.63, 3.8) is 0 Å². The summed E-state index contributed by atoms with van der Waals surface area (Å²) < 4.78 is 0. The zero-order chi connectivity index (χ0) is 3.58. The minimum absolute atomic E-state index is 3.14. The summed E-state index contributed by atoms with van der Waals surface area (Å²) >= 11 is 0. The van der Waals surface area contributed by atoms with Crippen LogP contribution >= 0.6 is 8.60 Å². The molecule has 0 radical (unpaired) electrons. The first-order valence-corrected chi connectivity index (χ1v) is 2.32. The Morgan fingerprint density at radius 2 is 1.00 bits per heavy atom. The first-order valence-electron chi connectivity index (χ1n) is 0.775. The van der Waals surface area contributed by atoms with Crippen molar-refractivity contribution in [2.75, 3.05) is 0 Å². The van der Waals surface area contributed by atoms with Crippen molar-refractivity contribution in [1.82, 2.24) is 0 Å². The fraction of sp³-hybridized carbons (Fsp3) is 0. The van der Waals surface area contributed by atoms with Crippen molar-refractivity contribution >= 4 is 8.60 Å². The molecular formula is H5O3P. The van der Waals surface area contributed by atoms with E-state index >= 15 is 0 Å². The molecule has 0 spiro atoms. The molecule has 0 aliphatic heterocycles. The van der Waals surface area contributed by atoms with Gasteiger partial charge in [-0.3, -0.25) is 0 Å². The molecule has 0 rings (SSSR count). The molecular weight excluding hydrogens is 79.0 g/mol. The van der Waals surface area contributed by atoms with Gasteiger partial charge in [0, 0.05) is 0 Å². The summed E-state index contributed by atoms with van der Waals surface area (Å²) in [6.07, 6.45) is 0. The van der Waals surface area contributed by atoms with Crippen LogP contribution in [0, 0.1) is 0 Å². The molecule has 28 valence electrons. The maximum absolute atomic E-state index is 7.31. The molecule has 0 heterocycles. The second kappa shape index (κ2) is 1.61. The standard InChI is InChI=1S/H5O3P/c1-4(2)3/h1-3H,4H2. The van der Waals surface area contributed by atoms with Gasteiger partial charge in [0.25, 0.3) is 0 Å². The van der Waals surface area contributed by atoms with Crippen LogP contribution in [-0.2, 0) is 0 Å². The molecule has 0 aliphatic carbocycles. The Morgan fingerprint density at radius 1 is 1.00 bits per heavy atom. The molecule has 0 unspecified atom stereocenters. The quantitative estimate of drug-likeness (QED) is 0.318. The van der Waals surface area contributed by atoms with Gasteiger partial charge >= 0.3 is 23.3 Å². The van der Waals surface area contributed by atoms with E-state index in [-0.39, 0.29) is 0 Å². The van der Waals surface area contributed by atoms with E-state index in [4.69, 9.17) is 14.7 Å². The molecule has 0 saturated carbocycles. The number of hydrogen-bond acceptors (Lipinski definition) is 3. The van der Waals surface area contributed by atoms with E-state index in [1.165, 1.54) is 0 Å². The molecule has 0 aliphatic rings. The van der Waals surface area contributed by atoms with E-state index in [0.717, 1.165) is 0 Å². The van der Waals surface area contributed by atoms with Crippen LogP contribution in [-0.4, -0.2) is 14.7 Å². The van der Waals surface area contributed by atoms with Crippen LogP contribution in [0.1, 0.15) is 0 Å². The SMILES string of the molecule is O[PH2](O)O. The third-order valence-electron chi connectivity index (χ3n) is 0. The molecule has 0 saturated heterocycles. The molecule has 0 aromatic heterocycles. The second-order valence-electron chi connectivity index (χ2n) is 0.346. The van der Waals surface area contributed by atoms with E-state index in [9.17, 15) is 0 Å². The Bertz CT molecular complexity index is 8.00. The zero-order valence-corrected chi connectivity index (χ0v) is 3.07. The zero-order valence-electron chi connectivity index (χ0n) is 1.92. The summed E-state index contributed by atoms with van der Waals surface area (Å²) in [7, 11) is -3.14. The summed E-state index contributed by atoms with van der Waals surface area (Å²) in [6, 6.07) is 0. The molecule has 3 nitrogen and oxygen atoms in total. The van der Waals surface area contributed by atoms with Gasteiger partial charge in [-0.05, 0) is 0 Å². The van der Waals surface area contributed by atoms with Gasteiger partial charge in [0.15, 0.2) is 0 Å². The fourth-order valence-corrected chi connectivity index (χ4v) is 0. The maximum atomic E-state index is 7.31. The minimum atomic E-state index is -3.14. The second-order valence-corrected chi connectivity index (χ2v) is 1.04. The van der Waals surface area contributed by atoms with Crippen LogP contribution in [0.15, 0.2) is 0 Å². The fourth-order valence-electron chi connectivity index (χ4n) is 0. The van der Waals surface area contributed by atoms with Gasteiger partial charge in [0.1, 0.15) is 0 Å². The van der Waals surface area contributed by atoms with E-state index in [2.05, 4.69) is 0 Å². The summed E-state index contributed by atoms with van der Waals surface area (Å²) in [5.41, 5.74) is 0. The normalized spacial score (nSPS) is 11.2. The van der Waals surface area contributed by atoms with Crippen molar-refractivity contribution in [2.45, 2.75) is 0 Å². The molecule has 0 aromatic rings. The Balaban J connectivity index is 2.32.